The summed E-state index contributed by atoms with van der Waals surface area (Å²) in [6.45, 7) is 5.23. The fourth-order valence-electron chi connectivity index (χ4n) is 2.55. The number of aromatic amines is 1. The highest BCUT2D eigenvalue weighted by molar-refractivity contribution is 5.78. The van der Waals surface area contributed by atoms with Gasteiger partial charge in [0, 0.05) is 12.4 Å². The second-order valence-corrected chi connectivity index (χ2v) is 6.01. The molecule has 3 aromatic rings. The molecular formula is C18H21N5O. The summed E-state index contributed by atoms with van der Waals surface area (Å²) in [5.74, 6) is -0.0290. The van der Waals surface area contributed by atoms with Crippen molar-refractivity contribution in [3.05, 3.63) is 70.8 Å². The lowest BCUT2D eigenvalue weighted by molar-refractivity contribution is -0.120. The molecule has 1 amide bonds. The maximum atomic E-state index is 11.9. The van der Waals surface area contributed by atoms with Crippen LogP contribution in [0.2, 0.25) is 0 Å². The van der Waals surface area contributed by atoms with Gasteiger partial charge in [-0.25, -0.2) is 4.68 Å². The first-order valence-corrected chi connectivity index (χ1v) is 7.93. The molecule has 0 spiro atoms. The molecule has 24 heavy (non-hydrogen) atoms. The van der Waals surface area contributed by atoms with Crippen LogP contribution in [0.3, 0.4) is 0 Å². The number of benzene rings is 1. The summed E-state index contributed by atoms with van der Waals surface area (Å²) >= 11 is 0. The van der Waals surface area contributed by atoms with Crippen LogP contribution in [-0.4, -0.2) is 25.9 Å². The van der Waals surface area contributed by atoms with E-state index in [0.717, 1.165) is 11.3 Å². The minimum Gasteiger partial charge on any atom is -0.367 e. The average molecular weight is 323 g/mol. The molecule has 3 rings (SSSR count). The molecule has 6 heteroatoms. The van der Waals surface area contributed by atoms with E-state index in [9.17, 15) is 4.79 Å². The summed E-state index contributed by atoms with van der Waals surface area (Å²) in [5, 5.41) is 11.1. The summed E-state index contributed by atoms with van der Waals surface area (Å²) in [4.78, 5) is 14.8. The zero-order valence-electron chi connectivity index (χ0n) is 13.9. The van der Waals surface area contributed by atoms with Gasteiger partial charge in [0.2, 0.25) is 5.91 Å². The van der Waals surface area contributed by atoms with E-state index in [2.05, 4.69) is 52.7 Å². The number of carbonyl (C=O) groups is 1. The van der Waals surface area contributed by atoms with E-state index >= 15 is 0 Å². The number of H-pyrrole nitrogens is 1. The Kier molecular flexibility index (Phi) is 4.74. The fraction of sp³-hybridized carbons (Fsp3) is 0.278. The first kappa shape index (κ1) is 16.0. The van der Waals surface area contributed by atoms with E-state index < -0.39 is 0 Å². The van der Waals surface area contributed by atoms with Gasteiger partial charge in [0.15, 0.2) is 0 Å². The number of amides is 1. The first-order valence-electron chi connectivity index (χ1n) is 7.93. The number of aryl methyl sites for hydroxylation is 2. The van der Waals surface area contributed by atoms with Crippen LogP contribution >= 0.6 is 0 Å². The van der Waals surface area contributed by atoms with Crippen molar-refractivity contribution in [2.45, 2.75) is 33.4 Å². The third kappa shape index (κ3) is 4.10. The van der Waals surface area contributed by atoms with Crippen LogP contribution in [0.25, 0.3) is 0 Å². The molecule has 0 aliphatic carbocycles. The number of aromatic nitrogens is 4. The van der Waals surface area contributed by atoms with Crippen molar-refractivity contribution in [2.24, 2.45) is 0 Å². The molecule has 0 bridgehead atoms. The maximum absolute atomic E-state index is 11.9. The van der Waals surface area contributed by atoms with Crippen molar-refractivity contribution >= 4 is 5.91 Å². The highest BCUT2D eigenvalue weighted by Gasteiger charge is 2.07. The van der Waals surface area contributed by atoms with Crippen LogP contribution in [-0.2, 0) is 24.3 Å². The van der Waals surface area contributed by atoms with Gasteiger partial charge in [0.1, 0.15) is 5.69 Å². The topological polar surface area (TPSA) is 75.6 Å². The van der Waals surface area contributed by atoms with Gasteiger partial charge in [-0.15, -0.1) is 5.10 Å². The van der Waals surface area contributed by atoms with E-state index in [4.69, 9.17) is 0 Å². The number of hydrogen-bond donors (Lipinski definition) is 2. The summed E-state index contributed by atoms with van der Waals surface area (Å²) in [7, 11) is 0. The quantitative estimate of drug-likeness (QED) is 0.730. The largest absolute Gasteiger partial charge is 0.367 e. The maximum Gasteiger partial charge on any atom is 0.224 e. The first-order chi connectivity index (χ1) is 11.6. The van der Waals surface area contributed by atoms with Crippen molar-refractivity contribution in [3.8, 4) is 0 Å². The third-order valence-electron chi connectivity index (χ3n) is 3.92. The lowest BCUT2D eigenvalue weighted by Gasteiger charge is -2.06. The SMILES string of the molecule is Cc1ccc(C)c(Cn2cc(CNC(=O)Cc3cc[nH]c3)nn2)c1. The van der Waals surface area contributed by atoms with Crippen LogP contribution in [0.1, 0.15) is 27.9 Å². The molecule has 2 aromatic heterocycles. The number of carbonyl (C=O) groups excluding carboxylic acids is 1. The van der Waals surface area contributed by atoms with Gasteiger partial charge in [0.25, 0.3) is 0 Å². The Morgan fingerprint density at radius 1 is 1.29 bits per heavy atom. The van der Waals surface area contributed by atoms with Crippen LogP contribution in [0.15, 0.2) is 42.9 Å². The lowest BCUT2D eigenvalue weighted by atomic mass is 10.1. The van der Waals surface area contributed by atoms with Gasteiger partial charge in [-0.1, -0.05) is 29.0 Å². The molecule has 0 saturated carbocycles. The zero-order valence-corrected chi connectivity index (χ0v) is 13.9. The van der Waals surface area contributed by atoms with Crippen molar-refractivity contribution < 1.29 is 4.79 Å². The molecule has 2 heterocycles. The highest BCUT2D eigenvalue weighted by Crippen LogP contribution is 2.12. The van der Waals surface area contributed by atoms with Gasteiger partial charge in [-0.2, -0.15) is 0 Å². The second kappa shape index (κ2) is 7.12. The number of nitrogens with one attached hydrogen (secondary N) is 2. The molecule has 0 radical (unpaired) electrons. The number of nitrogens with zero attached hydrogens (tertiary/aromatic N) is 3. The normalized spacial score (nSPS) is 10.8. The Bertz CT molecular complexity index is 820. The number of rotatable bonds is 6. The second-order valence-electron chi connectivity index (χ2n) is 6.01. The molecule has 0 fully saturated rings. The van der Waals surface area contributed by atoms with Crippen LogP contribution < -0.4 is 5.32 Å². The fourth-order valence-corrected chi connectivity index (χ4v) is 2.55. The zero-order chi connectivity index (χ0) is 16.9. The molecule has 0 unspecified atom stereocenters. The summed E-state index contributed by atoms with van der Waals surface area (Å²) < 4.78 is 1.80. The molecule has 6 nitrogen and oxygen atoms in total. The van der Waals surface area contributed by atoms with Crippen LogP contribution in [0.4, 0.5) is 0 Å². The molecule has 0 saturated heterocycles. The predicted octanol–water partition coefficient (Wildman–Crippen LogP) is 2.13. The van der Waals surface area contributed by atoms with Crippen LogP contribution in [0, 0.1) is 13.8 Å². The monoisotopic (exact) mass is 323 g/mol. The van der Waals surface area contributed by atoms with Gasteiger partial charge < -0.3 is 10.3 Å². The standard InChI is InChI=1S/C18H21N5O/c1-13-3-4-14(2)16(7-13)11-23-12-17(21-22-23)10-20-18(24)8-15-5-6-19-9-15/h3-7,9,12,19H,8,10-11H2,1-2H3,(H,20,24). The molecule has 0 atom stereocenters. The van der Waals surface area contributed by atoms with E-state index in [1.165, 1.54) is 16.7 Å². The minimum atomic E-state index is -0.0290. The van der Waals surface area contributed by atoms with Crippen LogP contribution in [0.5, 0.6) is 0 Å². The summed E-state index contributed by atoms with van der Waals surface area (Å²) in [5.41, 5.74) is 5.40. The summed E-state index contributed by atoms with van der Waals surface area (Å²) in [6, 6.07) is 8.27. The Morgan fingerprint density at radius 3 is 2.96 bits per heavy atom. The molecule has 1 aromatic carbocycles. The van der Waals surface area contributed by atoms with E-state index in [0.29, 0.717) is 19.5 Å². The van der Waals surface area contributed by atoms with Gasteiger partial charge in [-0.05, 0) is 36.6 Å². The lowest BCUT2D eigenvalue weighted by Crippen LogP contribution is -2.24. The van der Waals surface area contributed by atoms with Gasteiger partial charge in [0.05, 0.1) is 25.7 Å². The van der Waals surface area contributed by atoms with E-state index in [1.54, 1.807) is 4.68 Å². The number of hydrogen-bond acceptors (Lipinski definition) is 3. The summed E-state index contributed by atoms with van der Waals surface area (Å²) in [6.07, 6.45) is 5.86. The molecule has 124 valence electrons. The van der Waals surface area contributed by atoms with E-state index in [1.807, 2.05) is 24.7 Å². The van der Waals surface area contributed by atoms with Gasteiger partial charge in [-0.3, -0.25) is 4.79 Å². The van der Waals surface area contributed by atoms with Crippen molar-refractivity contribution in [1.82, 2.24) is 25.3 Å². The minimum absolute atomic E-state index is 0.0290. The highest BCUT2D eigenvalue weighted by atomic mass is 16.1. The van der Waals surface area contributed by atoms with E-state index in [-0.39, 0.29) is 5.91 Å². The Labute approximate surface area is 140 Å². The molecular weight excluding hydrogens is 302 g/mol. The molecule has 2 N–H and O–H groups in total. The molecule has 0 aliphatic heterocycles. The third-order valence-corrected chi connectivity index (χ3v) is 3.92. The van der Waals surface area contributed by atoms with Crippen molar-refractivity contribution in [2.75, 3.05) is 0 Å². The smallest absolute Gasteiger partial charge is 0.224 e. The Hall–Kier alpha value is -2.89. The Balaban J connectivity index is 1.55. The molecule has 0 aliphatic rings. The average Bonchev–Trinajstić information content (AvgIpc) is 3.21. The van der Waals surface area contributed by atoms with Gasteiger partial charge >= 0.3 is 0 Å². The van der Waals surface area contributed by atoms with Crippen molar-refractivity contribution in [3.63, 3.8) is 0 Å². The Morgan fingerprint density at radius 2 is 2.17 bits per heavy atom. The van der Waals surface area contributed by atoms with Crippen molar-refractivity contribution in [1.29, 1.82) is 0 Å². The predicted molar refractivity (Wildman–Crippen MR) is 91.4 cm³/mol.